The molecule has 1 aromatic carbocycles. The lowest BCUT2D eigenvalue weighted by Crippen LogP contribution is -2.52. The van der Waals surface area contributed by atoms with Crippen molar-refractivity contribution >= 4 is 40.9 Å². The molecule has 0 spiro atoms. The van der Waals surface area contributed by atoms with Crippen molar-refractivity contribution in [2.45, 2.75) is 13.0 Å². The van der Waals surface area contributed by atoms with Crippen LogP contribution in [0.25, 0.3) is 0 Å². The van der Waals surface area contributed by atoms with Gasteiger partial charge < -0.3 is 10.2 Å². The van der Waals surface area contributed by atoms with E-state index in [1.165, 1.54) is 6.07 Å². The third-order valence-electron chi connectivity index (χ3n) is 2.93. The maximum absolute atomic E-state index is 13.4. The highest BCUT2D eigenvalue weighted by Crippen LogP contribution is 2.15. The lowest BCUT2D eigenvalue weighted by Gasteiger charge is -2.34. The number of nitrogens with one attached hydrogen (secondary N) is 1. The van der Waals surface area contributed by atoms with Gasteiger partial charge in [-0.3, -0.25) is 4.79 Å². The van der Waals surface area contributed by atoms with Crippen LogP contribution in [0.5, 0.6) is 0 Å². The Morgan fingerprint density at radius 3 is 2.89 bits per heavy atom. The number of amides is 1. The van der Waals surface area contributed by atoms with Gasteiger partial charge >= 0.3 is 0 Å². The lowest BCUT2D eigenvalue weighted by atomic mass is 10.1. The highest BCUT2D eigenvalue weighted by molar-refractivity contribution is 14.1. The van der Waals surface area contributed by atoms with E-state index in [1.54, 1.807) is 17.0 Å². The van der Waals surface area contributed by atoms with Crippen LogP contribution in [0.4, 0.5) is 4.39 Å². The molecule has 0 aliphatic carbocycles. The van der Waals surface area contributed by atoms with Gasteiger partial charge in [0.1, 0.15) is 5.82 Å². The number of carbonyl (C=O) groups is 1. The van der Waals surface area contributed by atoms with E-state index in [2.05, 4.69) is 5.32 Å². The van der Waals surface area contributed by atoms with E-state index in [-0.39, 0.29) is 30.2 Å². The molecule has 1 aromatic rings. The number of halogens is 3. The van der Waals surface area contributed by atoms with Crippen molar-refractivity contribution in [3.05, 3.63) is 33.1 Å². The molecule has 18 heavy (non-hydrogen) atoms. The third-order valence-corrected chi connectivity index (χ3v) is 3.80. The molecule has 1 aliphatic rings. The molecule has 3 nitrogen and oxygen atoms in total. The van der Waals surface area contributed by atoms with Crippen molar-refractivity contribution < 1.29 is 9.18 Å². The van der Waals surface area contributed by atoms with E-state index in [1.807, 2.05) is 29.5 Å². The Bertz CT molecular complexity index is 444. The van der Waals surface area contributed by atoms with Gasteiger partial charge in [0.2, 0.25) is 0 Å². The first kappa shape index (κ1) is 15.7. The maximum atomic E-state index is 13.4. The summed E-state index contributed by atoms with van der Waals surface area (Å²) >= 11 is 1.91. The van der Waals surface area contributed by atoms with Crippen LogP contribution in [0.15, 0.2) is 18.2 Å². The molecule has 1 N–H and O–H groups in total. The minimum atomic E-state index is -0.334. The summed E-state index contributed by atoms with van der Waals surface area (Å²) in [6, 6.07) is 4.79. The van der Waals surface area contributed by atoms with Crippen LogP contribution in [-0.2, 0) is 0 Å². The minimum absolute atomic E-state index is 0. The predicted octanol–water partition coefficient (Wildman–Crippen LogP) is 2.29. The summed E-state index contributed by atoms with van der Waals surface area (Å²) in [6.45, 7) is 4.25. The molecular formula is C12H15ClFIN2O. The molecule has 1 atom stereocenters. The largest absolute Gasteiger partial charge is 0.333 e. The Morgan fingerprint density at radius 2 is 2.28 bits per heavy atom. The van der Waals surface area contributed by atoms with Crippen LogP contribution in [0, 0.1) is 9.39 Å². The fraction of sp³-hybridized carbons (Fsp3) is 0.417. The maximum Gasteiger partial charge on any atom is 0.254 e. The number of rotatable bonds is 1. The molecule has 2 rings (SSSR count). The number of hydrogen-bond donors (Lipinski definition) is 1. The monoisotopic (exact) mass is 384 g/mol. The Balaban J connectivity index is 0.00000162. The molecule has 1 amide bonds. The zero-order valence-corrected chi connectivity index (χ0v) is 12.9. The summed E-state index contributed by atoms with van der Waals surface area (Å²) in [5.41, 5.74) is 0.427. The number of benzene rings is 1. The summed E-state index contributed by atoms with van der Waals surface area (Å²) in [7, 11) is 0. The van der Waals surface area contributed by atoms with Gasteiger partial charge in [-0.25, -0.2) is 4.39 Å². The number of piperazine rings is 1. The molecule has 1 saturated heterocycles. The molecule has 100 valence electrons. The van der Waals surface area contributed by atoms with Gasteiger partial charge in [-0.15, -0.1) is 12.4 Å². The van der Waals surface area contributed by atoms with Crippen LogP contribution >= 0.6 is 35.0 Å². The van der Waals surface area contributed by atoms with Crippen molar-refractivity contribution in [2.75, 3.05) is 19.6 Å². The lowest BCUT2D eigenvalue weighted by molar-refractivity contribution is 0.0655. The molecule has 1 fully saturated rings. The smallest absolute Gasteiger partial charge is 0.254 e. The second-order valence-corrected chi connectivity index (χ2v) is 5.34. The standard InChI is InChI=1S/C12H14FIN2O.ClH/c1-8-7-15-4-5-16(8)12(17)9-2-3-11(14)10(13)6-9;/h2-3,6,8,15H,4-5,7H2,1H3;1H/t8-;/m1./s1. The van der Waals surface area contributed by atoms with Crippen LogP contribution < -0.4 is 5.32 Å². The summed E-state index contributed by atoms with van der Waals surface area (Å²) in [5.74, 6) is -0.423. The minimum Gasteiger partial charge on any atom is -0.333 e. The summed E-state index contributed by atoms with van der Waals surface area (Å²) < 4.78 is 13.9. The highest BCUT2D eigenvalue weighted by atomic mass is 127. The average molecular weight is 385 g/mol. The van der Waals surface area contributed by atoms with Crippen LogP contribution in [0.2, 0.25) is 0 Å². The second-order valence-electron chi connectivity index (χ2n) is 4.18. The molecule has 0 radical (unpaired) electrons. The van der Waals surface area contributed by atoms with Crippen molar-refractivity contribution in [1.29, 1.82) is 0 Å². The molecule has 1 heterocycles. The van der Waals surface area contributed by atoms with Crippen LogP contribution in [0.3, 0.4) is 0 Å². The first-order chi connectivity index (χ1) is 8.09. The zero-order valence-electron chi connectivity index (χ0n) is 9.95. The van der Waals surface area contributed by atoms with E-state index in [0.717, 1.165) is 13.1 Å². The van der Waals surface area contributed by atoms with Gasteiger partial charge in [-0.05, 0) is 47.7 Å². The second kappa shape index (κ2) is 6.68. The van der Waals surface area contributed by atoms with Gasteiger partial charge in [-0.2, -0.15) is 0 Å². The normalized spacial score (nSPS) is 19.3. The molecule has 1 aliphatic heterocycles. The fourth-order valence-electron chi connectivity index (χ4n) is 1.94. The van der Waals surface area contributed by atoms with Gasteiger partial charge in [-0.1, -0.05) is 0 Å². The Hall–Kier alpha value is -0.400. The van der Waals surface area contributed by atoms with Crippen molar-refractivity contribution in [1.82, 2.24) is 10.2 Å². The number of hydrogen-bond acceptors (Lipinski definition) is 2. The van der Waals surface area contributed by atoms with Crippen LogP contribution in [-0.4, -0.2) is 36.5 Å². The number of nitrogens with zero attached hydrogens (tertiary/aromatic N) is 1. The SMILES string of the molecule is C[C@@H]1CNCCN1C(=O)c1ccc(I)c(F)c1.Cl. The van der Waals surface area contributed by atoms with E-state index in [0.29, 0.717) is 15.7 Å². The van der Waals surface area contributed by atoms with Crippen molar-refractivity contribution in [3.8, 4) is 0 Å². The van der Waals surface area contributed by atoms with E-state index < -0.39 is 0 Å². The van der Waals surface area contributed by atoms with Crippen molar-refractivity contribution in [3.63, 3.8) is 0 Å². The topological polar surface area (TPSA) is 32.3 Å². The van der Waals surface area contributed by atoms with E-state index in [9.17, 15) is 9.18 Å². The number of carbonyl (C=O) groups excluding carboxylic acids is 1. The summed E-state index contributed by atoms with van der Waals surface area (Å²) in [4.78, 5) is 14.0. The Morgan fingerprint density at radius 1 is 1.56 bits per heavy atom. The van der Waals surface area contributed by atoms with Crippen molar-refractivity contribution in [2.24, 2.45) is 0 Å². The van der Waals surface area contributed by atoms with Gasteiger partial charge in [0.15, 0.2) is 0 Å². The highest BCUT2D eigenvalue weighted by Gasteiger charge is 2.24. The summed E-state index contributed by atoms with van der Waals surface area (Å²) in [6.07, 6.45) is 0. The molecule has 0 aromatic heterocycles. The molecule has 0 bridgehead atoms. The van der Waals surface area contributed by atoms with Gasteiger partial charge in [0, 0.05) is 34.8 Å². The molecule has 0 unspecified atom stereocenters. The molecule has 6 heteroatoms. The first-order valence-corrected chi connectivity index (χ1v) is 6.64. The zero-order chi connectivity index (χ0) is 12.4. The Labute approximate surface area is 126 Å². The molecular weight excluding hydrogens is 370 g/mol. The average Bonchev–Trinajstić information content (AvgIpc) is 2.32. The first-order valence-electron chi connectivity index (χ1n) is 5.56. The molecule has 0 saturated carbocycles. The fourth-order valence-corrected chi connectivity index (χ4v) is 2.27. The Kier molecular flexibility index (Phi) is 5.81. The third kappa shape index (κ3) is 3.33. The van der Waals surface area contributed by atoms with Gasteiger partial charge in [0.05, 0.1) is 0 Å². The predicted molar refractivity (Wildman–Crippen MR) is 79.7 cm³/mol. The van der Waals surface area contributed by atoms with E-state index >= 15 is 0 Å². The van der Waals surface area contributed by atoms with E-state index in [4.69, 9.17) is 0 Å². The van der Waals surface area contributed by atoms with Gasteiger partial charge in [0.25, 0.3) is 5.91 Å². The van der Waals surface area contributed by atoms with Crippen LogP contribution in [0.1, 0.15) is 17.3 Å². The quantitative estimate of drug-likeness (QED) is 0.754. The summed E-state index contributed by atoms with van der Waals surface area (Å²) in [5, 5.41) is 3.22.